The molecule has 13 rings (SSSR count). The molecule has 13 aromatic rings. The minimum absolute atomic E-state index is 0.590. The summed E-state index contributed by atoms with van der Waals surface area (Å²) in [5.41, 5.74) is 12.1. The number of benzene rings is 9. The van der Waals surface area contributed by atoms with Crippen molar-refractivity contribution in [3.63, 3.8) is 0 Å². The summed E-state index contributed by atoms with van der Waals surface area (Å²) in [6.45, 7) is 4.41. The van der Waals surface area contributed by atoms with Gasteiger partial charge in [0.1, 0.15) is 0 Å². The molecule has 2 heterocycles. The molecule has 59 heavy (non-hydrogen) atoms. The van der Waals surface area contributed by atoms with Crippen LogP contribution in [0.5, 0.6) is 0 Å². The lowest BCUT2D eigenvalue weighted by Crippen LogP contribution is -1.92. The van der Waals surface area contributed by atoms with E-state index < -0.39 is 0 Å². The fourth-order valence-electron chi connectivity index (χ4n) is 10.6. The Kier molecular flexibility index (Phi) is 6.58. The van der Waals surface area contributed by atoms with E-state index in [0.717, 1.165) is 5.56 Å². The fourth-order valence-corrected chi connectivity index (χ4v) is 10.6. The molecular formula is C56H34N2O. The Morgan fingerprint density at radius 1 is 0.373 bits per heavy atom. The van der Waals surface area contributed by atoms with Gasteiger partial charge in [0.15, 0.2) is 11.2 Å². The average Bonchev–Trinajstić information content (AvgIpc) is 3.96. The number of hydrogen-bond acceptors (Lipinski definition) is 3. The zero-order valence-electron chi connectivity index (χ0n) is 32.5. The van der Waals surface area contributed by atoms with Crippen LogP contribution in [0.15, 0.2) is 174 Å². The molecule has 0 unspecified atom stereocenters. The number of nitrogens with zero attached hydrogens (tertiary/aromatic N) is 2. The molecule has 3 heteroatoms. The summed E-state index contributed by atoms with van der Waals surface area (Å²) in [6, 6.07) is 60.4. The van der Waals surface area contributed by atoms with Gasteiger partial charge in [0.2, 0.25) is 5.89 Å². The van der Waals surface area contributed by atoms with E-state index in [1.807, 2.05) is 12.1 Å². The standard InChI is InChI=1S/C56H34N2O/c1-31-28-35(56-58-55-46(59-56)24-13-27-57-55)29-32(2)47(31)40-25-26-43-50-39(40)21-12-23-42(50)54-49(34-16-7-4-8-17-34)52-41-22-11-20-38-36-18-9-10-19-37(36)44(51(38)41)30-45(52)48(53(43)54)33-14-5-3-6-15-33/h3-30H,1-2H3. The lowest BCUT2D eigenvalue weighted by Gasteiger charge is -2.19. The van der Waals surface area contributed by atoms with Crippen molar-refractivity contribution in [1.82, 2.24) is 9.97 Å². The van der Waals surface area contributed by atoms with Crippen molar-refractivity contribution in [3.05, 3.63) is 181 Å². The number of aryl methyl sites for hydroxylation is 2. The molecule has 0 bridgehead atoms. The molecule has 0 fully saturated rings. The molecule has 0 radical (unpaired) electrons. The van der Waals surface area contributed by atoms with E-state index >= 15 is 0 Å². The summed E-state index contributed by atoms with van der Waals surface area (Å²) in [4.78, 5) is 9.14. The second kappa shape index (κ2) is 12.0. The molecule has 274 valence electrons. The first-order valence-corrected chi connectivity index (χ1v) is 20.3. The van der Waals surface area contributed by atoms with Gasteiger partial charge in [-0.3, -0.25) is 0 Å². The zero-order valence-corrected chi connectivity index (χ0v) is 32.5. The van der Waals surface area contributed by atoms with Crippen LogP contribution >= 0.6 is 0 Å². The van der Waals surface area contributed by atoms with Gasteiger partial charge in [-0.2, -0.15) is 4.98 Å². The lowest BCUT2D eigenvalue weighted by molar-refractivity contribution is 0.619. The van der Waals surface area contributed by atoms with Gasteiger partial charge >= 0.3 is 0 Å². The average molecular weight is 751 g/mol. The number of aromatic nitrogens is 2. The van der Waals surface area contributed by atoms with Crippen LogP contribution in [0, 0.1) is 13.8 Å². The van der Waals surface area contributed by atoms with E-state index in [1.54, 1.807) is 6.20 Å². The summed E-state index contributed by atoms with van der Waals surface area (Å²) in [5, 5.41) is 18.2. The van der Waals surface area contributed by atoms with Gasteiger partial charge in [0.05, 0.1) is 0 Å². The van der Waals surface area contributed by atoms with Gasteiger partial charge in [-0.15, -0.1) is 0 Å². The van der Waals surface area contributed by atoms with E-state index in [0.29, 0.717) is 17.1 Å². The van der Waals surface area contributed by atoms with Crippen molar-refractivity contribution in [2.45, 2.75) is 13.8 Å². The highest BCUT2D eigenvalue weighted by molar-refractivity contribution is 6.45. The Balaban J connectivity index is 1.19. The van der Waals surface area contributed by atoms with Crippen molar-refractivity contribution in [3.8, 4) is 44.8 Å². The molecule has 0 aliphatic rings. The van der Waals surface area contributed by atoms with E-state index in [9.17, 15) is 0 Å². The monoisotopic (exact) mass is 750 g/mol. The summed E-state index contributed by atoms with van der Waals surface area (Å²) >= 11 is 0. The van der Waals surface area contributed by atoms with Crippen LogP contribution in [0.2, 0.25) is 0 Å². The highest BCUT2D eigenvalue weighted by Crippen LogP contribution is 2.55. The zero-order chi connectivity index (χ0) is 38.9. The number of oxazole rings is 1. The van der Waals surface area contributed by atoms with Crippen LogP contribution in [0.25, 0.3) is 131 Å². The topological polar surface area (TPSA) is 38.9 Å². The fraction of sp³-hybridized carbons (Fsp3) is 0.0357. The highest BCUT2D eigenvalue weighted by atomic mass is 16.3. The molecule has 0 N–H and O–H groups in total. The molecule has 0 atom stereocenters. The molecule has 0 saturated carbocycles. The highest BCUT2D eigenvalue weighted by Gasteiger charge is 2.27. The Labute approximate surface area is 339 Å². The quantitative estimate of drug-likeness (QED) is 0.168. The predicted octanol–water partition coefficient (Wildman–Crippen LogP) is 15.5. The minimum atomic E-state index is 0.590. The van der Waals surface area contributed by atoms with Gasteiger partial charge in [-0.25, -0.2) is 4.98 Å². The van der Waals surface area contributed by atoms with Gasteiger partial charge in [0, 0.05) is 11.8 Å². The first-order valence-electron chi connectivity index (χ1n) is 20.3. The lowest BCUT2D eigenvalue weighted by atomic mass is 9.84. The number of hydrogen-bond donors (Lipinski definition) is 0. The number of fused-ring (bicyclic) bond motifs is 9. The van der Waals surface area contributed by atoms with Crippen LogP contribution in [0.1, 0.15) is 11.1 Å². The maximum atomic E-state index is 6.17. The van der Waals surface area contributed by atoms with Crippen LogP contribution in [-0.4, -0.2) is 9.97 Å². The third-order valence-corrected chi connectivity index (χ3v) is 12.9. The first-order chi connectivity index (χ1) is 29.1. The van der Waals surface area contributed by atoms with Crippen LogP contribution < -0.4 is 0 Å². The summed E-state index contributed by atoms with van der Waals surface area (Å²) in [7, 11) is 0. The number of pyridine rings is 1. The van der Waals surface area contributed by atoms with Crippen molar-refractivity contribution in [2.24, 2.45) is 0 Å². The van der Waals surface area contributed by atoms with Gasteiger partial charge < -0.3 is 4.42 Å². The van der Waals surface area contributed by atoms with Gasteiger partial charge in [-0.1, -0.05) is 133 Å². The largest absolute Gasteiger partial charge is 0.434 e. The molecule has 3 nitrogen and oxygen atoms in total. The molecule has 11 aromatic carbocycles. The van der Waals surface area contributed by atoms with Crippen molar-refractivity contribution >= 4 is 86.6 Å². The predicted molar refractivity (Wildman–Crippen MR) is 248 cm³/mol. The Morgan fingerprint density at radius 3 is 1.68 bits per heavy atom. The maximum Gasteiger partial charge on any atom is 0.228 e. The molecule has 0 spiro atoms. The van der Waals surface area contributed by atoms with Crippen LogP contribution in [-0.2, 0) is 0 Å². The normalized spacial score (nSPS) is 12.2. The summed E-state index contributed by atoms with van der Waals surface area (Å²) < 4.78 is 6.17. The third-order valence-electron chi connectivity index (χ3n) is 12.9. The van der Waals surface area contributed by atoms with Gasteiger partial charge in [-0.05, 0) is 164 Å². The Morgan fingerprint density at radius 2 is 0.949 bits per heavy atom. The van der Waals surface area contributed by atoms with E-state index in [1.165, 1.54) is 120 Å². The molecule has 0 saturated heterocycles. The SMILES string of the molecule is Cc1cc(-c2nc3ncccc3o2)cc(C)c1-c1ccc2c3c(-c4ccccc4)c4cc5c6ccccc6c6cccc(c4c(-c4ccccc4)c3c3cccc1c23)c65. The molecule has 0 aliphatic heterocycles. The minimum Gasteiger partial charge on any atom is -0.434 e. The van der Waals surface area contributed by atoms with Crippen LogP contribution in [0.4, 0.5) is 0 Å². The molecule has 0 aliphatic carbocycles. The molecule has 0 amide bonds. The van der Waals surface area contributed by atoms with E-state index in [4.69, 9.17) is 9.40 Å². The van der Waals surface area contributed by atoms with Crippen molar-refractivity contribution in [1.29, 1.82) is 0 Å². The van der Waals surface area contributed by atoms with Gasteiger partial charge in [0.25, 0.3) is 0 Å². The molecular weight excluding hydrogens is 717 g/mol. The third kappa shape index (κ3) is 4.42. The Bertz CT molecular complexity index is 3790. The van der Waals surface area contributed by atoms with E-state index in [2.05, 4.69) is 170 Å². The van der Waals surface area contributed by atoms with E-state index in [-0.39, 0.29) is 0 Å². The smallest absolute Gasteiger partial charge is 0.228 e. The second-order valence-corrected chi connectivity index (χ2v) is 16.1. The first kappa shape index (κ1) is 32.5. The van der Waals surface area contributed by atoms with Crippen LogP contribution in [0.3, 0.4) is 0 Å². The van der Waals surface area contributed by atoms with Crippen molar-refractivity contribution in [2.75, 3.05) is 0 Å². The summed E-state index contributed by atoms with van der Waals surface area (Å²) in [5.74, 6) is 0.590. The second-order valence-electron chi connectivity index (χ2n) is 16.1. The summed E-state index contributed by atoms with van der Waals surface area (Å²) in [6.07, 6.45) is 1.75. The Hall–Kier alpha value is -7.62. The number of rotatable bonds is 4. The molecule has 2 aromatic heterocycles. The maximum absolute atomic E-state index is 6.17. The van der Waals surface area contributed by atoms with Crippen molar-refractivity contribution < 1.29 is 4.42 Å².